The summed E-state index contributed by atoms with van der Waals surface area (Å²) in [5, 5.41) is 11.6. The van der Waals surface area contributed by atoms with Gasteiger partial charge in [-0.1, -0.05) is 72.2 Å². The van der Waals surface area contributed by atoms with Gasteiger partial charge in [0, 0.05) is 22.7 Å². The van der Waals surface area contributed by atoms with Crippen molar-refractivity contribution in [2.75, 3.05) is 0 Å². The number of aromatic amines is 1. The van der Waals surface area contributed by atoms with Crippen molar-refractivity contribution in [1.82, 2.24) is 9.97 Å². The van der Waals surface area contributed by atoms with Crippen molar-refractivity contribution in [2.24, 2.45) is 0 Å². The zero-order chi connectivity index (χ0) is 24.7. The van der Waals surface area contributed by atoms with Gasteiger partial charge in [-0.2, -0.15) is 0 Å². The number of H-pyrrole nitrogens is 1. The monoisotopic (exact) mass is 450 g/mol. The molecule has 1 unspecified atom stereocenters. The molecule has 2 N–H and O–H groups in total. The first-order valence-electron chi connectivity index (χ1n) is 11.8. The van der Waals surface area contributed by atoms with Crippen LogP contribution in [-0.2, 0) is 0 Å². The van der Waals surface area contributed by atoms with Crippen molar-refractivity contribution in [3.8, 4) is 16.9 Å². The molecule has 4 aromatic rings. The Morgan fingerprint density at radius 1 is 1.09 bits per heavy atom. The van der Waals surface area contributed by atoms with Gasteiger partial charge in [-0.15, -0.1) is 0 Å². The van der Waals surface area contributed by atoms with Crippen LogP contribution in [0.1, 0.15) is 71.4 Å². The van der Waals surface area contributed by atoms with Gasteiger partial charge in [0.25, 0.3) is 5.56 Å². The highest BCUT2D eigenvalue weighted by molar-refractivity contribution is 6.13. The summed E-state index contributed by atoms with van der Waals surface area (Å²) in [6.45, 7) is 14.1. The normalized spacial score (nSPS) is 11.4. The van der Waals surface area contributed by atoms with Crippen LogP contribution < -0.4 is 5.56 Å². The van der Waals surface area contributed by atoms with Crippen LogP contribution in [0.25, 0.3) is 32.9 Å². The quantitative estimate of drug-likeness (QED) is 0.312. The van der Waals surface area contributed by atoms with Crippen molar-refractivity contribution in [2.45, 2.75) is 67.2 Å². The molecule has 2 aromatic carbocycles. The molecule has 0 aliphatic heterocycles. The predicted octanol–water partition coefficient (Wildman–Crippen LogP) is 7.85. The molecule has 2 aromatic heterocycles. The summed E-state index contributed by atoms with van der Waals surface area (Å²) in [6, 6.07) is 11.1. The molecule has 0 radical (unpaired) electrons. The number of hydrogen-bond donors (Lipinski definition) is 2. The molecule has 5 heteroatoms. The molecule has 0 fully saturated rings. The molecule has 2 heterocycles. The summed E-state index contributed by atoms with van der Waals surface area (Å²) < 4.78 is 14.8. The molecule has 176 valence electrons. The third-order valence-electron chi connectivity index (χ3n) is 5.56. The van der Waals surface area contributed by atoms with E-state index in [2.05, 4.69) is 37.7 Å². The topological polar surface area (TPSA) is 66.0 Å². The lowest BCUT2D eigenvalue weighted by Gasteiger charge is -2.16. The van der Waals surface area contributed by atoms with E-state index in [1.165, 1.54) is 18.9 Å². The van der Waals surface area contributed by atoms with E-state index in [1.54, 1.807) is 18.3 Å². The van der Waals surface area contributed by atoms with Gasteiger partial charge in [-0.3, -0.25) is 9.78 Å². The minimum absolute atomic E-state index is 0.192. The number of nitrogens with zero attached hydrogens (tertiary/aromatic N) is 1. The summed E-state index contributed by atoms with van der Waals surface area (Å²) in [4.78, 5) is 19.6. The highest BCUT2D eigenvalue weighted by Crippen LogP contribution is 2.42. The number of pyridine rings is 2. The molecule has 0 amide bonds. The Labute approximate surface area is 195 Å². The molecular formula is C28H35FN2O2. The lowest BCUT2D eigenvalue weighted by molar-refractivity contribution is 0.433. The largest absolute Gasteiger partial charge is 0.504 e. The molecule has 0 spiro atoms. The van der Waals surface area contributed by atoms with E-state index in [-0.39, 0.29) is 11.1 Å². The first-order valence-corrected chi connectivity index (χ1v) is 11.8. The van der Waals surface area contributed by atoms with E-state index >= 15 is 0 Å². The molecule has 0 saturated carbocycles. The Morgan fingerprint density at radius 3 is 2.27 bits per heavy atom. The van der Waals surface area contributed by atoms with Crippen LogP contribution in [0.3, 0.4) is 0 Å². The molecule has 33 heavy (non-hydrogen) atoms. The van der Waals surface area contributed by atoms with Gasteiger partial charge in [0.1, 0.15) is 0 Å². The van der Waals surface area contributed by atoms with Crippen LogP contribution in [0.15, 0.2) is 47.4 Å². The maximum absolute atomic E-state index is 14.8. The van der Waals surface area contributed by atoms with Gasteiger partial charge in [-0.25, -0.2) is 4.39 Å². The Hall–Kier alpha value is -3.21. The Balaban J connectivity index is 0.000000714. The number of halogens is 1. The zero-order valence-electron chi connectivity index (χ0n) is 20.7. The maximum atomic E-state index is 14.8. The molecule has 0 bridgehead atoms. The Morgan fingerprint density at radius 2 is 1.70 bits per heavy atom. The van der Waals surface area contributed by atoms with Crippen LogP contribution in [0, 0.1) is 12.7 Å². The summed E-state index contributed by atoms with van der Waals surface area (Å²) >= 11 is 0. The average Bonchev–Trinajstić information content (AvgIpc) is 2.85. The molecule has 0 saturated heterocycles. The number of aryl methyl sites for hydroxylation is 1. The summed E-state index contributed by atoms with van der Waals surface area (Å²) in [6.07, 6.45) is 3.86. The summed E-state index contributed by atoms with van der Waals surface area (Å²) in [5.41, 5.74) is 2.85. The lowest BCUT2D eigenvalue weighted by Crippen LogP contribution is -2.09. The van der Waals surface area contributed by atoms with Crippen molar-refractivity contribution in [1.29, 1.82) is 0 Å². The molecule has 4 rings (SSSR count). The number of phenolic OH excluding ortho intramolecular Hbond substituents is 1. The molecule has 0 aliphatic carbocycles. The lowest BCUT2D eigenvalue weighted by atomic mass is 9.92. The zero-order valence-corrected chi connectivity index (χ0v) is 20.7. The highest BCUT2D eigenvalue weighted by atomic mass is 19.1. The van der Waals surface area contributed by atoms with Crippen molar-refractivity contribution < 1.29 is 9.50 Å². The van der Waals surface area contributed by atoms with Gasteiger partial charge in [0.05, 0.1) is 16.4 Å². The first-order chi connectivity index (χ1) is 15.8. The fourth-order valence-electron chi connectivity index (χ4n) is 3.68. The van der Waals surface area contributed by atoms with Crippen molar-refractivity contribution in [3.05, 3.63) is 69.9 Å². The fraction of sp³-hybridized carbons (Fsp3) is 0.357. The van der Waals surface area contributed by atoms with E-state index in [4.69, 9.17) is 0 Å². The van der Waals surface area contributed by atoms with Gasteiger partial charge in [-0.05, 0) is 42.5 Å². The van der Waals surface area contributed by atoms with Gasteiger partial charge >= 0.3 is 0 Å². The molecule has 0 aliphatic rings. The number of benzene rings is 2. The second-order valence-corrected chi connectivity index (χ2v) is 7.90. The van der Waals surface area contributed by atoms with E-state index in [1.807, 2.05) is 38.1 Å². The highest BCUT2D eigenvalue weighted by Gasteiger charge is 2.22. The fourth-order valence-corrected chi connectivity index (χ4v) is 3.68. The number of nitrogens with one attached hydrogen (secondary N) is 1. The minimum Gasteiger partial charge on any atom is -0.504 e. The van der Waals surface area contributed by atoms with Crippen LogP contribution in [0.4, 0.5) is 4.39 Å². The number of fused-ring (bicyclic) bond motifs is 3. The van der Waals surface area contributed by atoms with E-state index < -0.39 is 11.6 Å². The second-order valence-electron chi connectivity index (χ2n) is 7.90. The molecular weight excluding hydrogens is 415 g/mol. The maximum Gasteiger partial charge on any atom is 0.257 e. The van der Waals surface area contributed by atoms with Crippen molar-refractivity contribution >= 4 is 21.8 Å². The van der Waals surface area contributed by atoms with Crippen LogP contribution in [0.5, 0.6) is 5.75 Å². The van der Waals surface area contributed by atoms with Gasteiger partial charge in [0.15, 0.2) is 11.6 Å². The molecule has 4 nitrogen and oxygen atoms in total. The van der Waals surface area contributed by atoms with E-state index in [0.29, 0.717) is 38.9 Å². The number of aromatic nitrogens is 2. The van der Waals surface area contributed by atoms with Crippen LogP contribution in [-0.4, -0.2) is 15.1 Å². The standard InChI is InChI=1S/C23H21FN2O2.C3H8.C2H6/c1-4-12(2)14-7-9-15(10-8-14)17-18-20(13(3)19(24)22(17)27)26-23(28)16-6-5-11-25-21(16)18;1-3-2;1-2/h5-12,27H,4H2,1-3H3,(H,26,28);3H2,1-2H3;1-2H3. The number of aromatic hydroxyl groups is 1. The SMILES string of the molecule is CC.CCC.CCC(C)c1ccc(-c2c(O)c(F)c(C)c3[nH]c(=O)c4cccnc4c23)cc1. The van der Waals surface area contributed by atoms with E-state index in [9.17, 15) is 14.3 Å². The summed E-state index contributed by atoms with van der Waals surface area (Å²) in [5.74, 6) is -0.757. The number of hydrogen-bond acceptors (Lipinski definition) is 3. The van der Waals surface area contributed by atoms with Crippen LogP contribution >= 0.6 is 0 Å². The van der Waals surface area contributed by atoms with E-state index in [0.717, 1.165) is 6.42 Å². The Bertz CT molecular complexity index is 1280. The smallest absolute Gasteiger partial charge is 0.257 e. The van der Waals surface area contributed by atoms with Crippen LogP contribution in [0.2, 0.25) is 0 Å². The van der Waals surface area contributed by atoms with Crippen molar-refractivity contribution in [3.63, 3.8) is 0 Å². The third-order valence-corrected chi connectivity index (χ3v) is 5.56. The third kappa shape index (κ3) is 5.08. The number of rotatable bonds is 3. The minimum atomic E-state index is -0.737. The summed E-state index contributed by atoms with van der Waals surface area (Å²) in [7, 11) is 0. The second kappa shape index (κ2) is 11.6. The van der Waals surface area contributed by atoms with Gasteiger partial charge in [0.2, 0.25) is 0 Å². The average molecular weight is 451 g/mol. The number of phenols is 1. The van der Waals surface area contributed by atoms with Gasteiger partial charge < -0.3 is 10.1 Å². The Kier molecular flexibility index (Phi) is 9.15. The predicted molar refractivity (Wildman–Crippen MR) is 138 cm³/mol. The first kappa shape index (κ1) is 26.0. The molecule has 1 atom stereocenters.